The predicted molar refractivity (Wildman–Crippen MR) is 114 cm³/mol. The van der Waals surface area contributed by atoms with Gasteiger partial charge in [-0.05, 0) is 26.2 Å². The Bertz CT molecular complexity index is 815. The fraction of sp³-hybridized carbons (Fsp3) is 0.500. The van der Waals surface area contributed by atoms with Gasteiger partial charge in [0.25, 0.3) is 0 Å². The van der Waals surface area contributed by atoms with Gasteiger partial charge in [0.1, 0.15) is 11.6 Å². The minimum absolute atomic E-state index is 0.228. The molecule has 0 bridgehead atoms. The zero-order chi connectivity index (χ0) is 20.1. The summed E-state index contributed by atoms with van der Waals surface area (Å²) in [5.41, 5.74) is 1.03. The summed E-state index contributed by atoms with van der Waals surface area (Å²) in [5.74, 6) is 2.70. The molecule has 0 N–H and O–H groups in total. The minimum atomic E-state index is -0.228. The van der Waals surface area contributed by atoms with Crippen molar-refractivity contribution in [2.24, 2.45) is 0 Å². The summed E-state index contributed by atoms with van der Waals surface area (Å²) in [6.07, 6.45) is 3.47. The van der Waals surface area contributed by atoms with Crippen molar-refractivity contribution in [3.05, 3.63) is 36.4 Å². The molecule has 0 spiro atoms. The van der Waals surface area contributed by atoms with Crippen molar-refractivity contribution in [3.8, 4) is 11.4 Å². The molecule has 1 aromatic heterocycles. The van der Waals surface area contributed by atoms with Gasteiger partial charge in [-0.2, -0.15) is 0 Å². The van der Waals surface area contributed by atoms with Gasteiger partial charge in [-0.1, -0.05) is 30.3 Å². The van der Waals surface area contributed by atoms with Crippen LogP contribution in [0.5, 0.6) is 0 Å². The van der Waals surface area contributed by atoms with E-state index in [1.54, 1.807) is 4.90 Å². The maximum absolute atomic E-state index is 12.0. The second kappa shape index (κ2) is 9.11. The number of carbonyl (C=O) groups excluding carboxylic acids is 1. The molecule has 7 heteroatoms. The summed E-state index contributed by atoms with van der Waals surface area (Å²) < 4.78 is 5.13. The van der Waals surface area contributed by atoms with E-state index in [1.807, 2.05) is 25.1 Å². The number of hydrogen-bond acceptors (Lipinski definition) is 6. The molecule has 2 fully saturated rings. The highest BCUT2D eigenvalue weighted by molar-refractivity contribution is 5.68. The molecule has 0 radical (unpaired) electrons. The van der Waals surface area contributed by atoms with Crippen LogP contribution in [0.25, 0.3) is 11.4 Å². The third-order valence-corrected chi connectivity index (χ3v) is 5.54. The Kier molecular flexibility index (Phi) is 6.12. The fourth-order valence-corrected chi connectivity index (χ4v) is 3.92. The third kappa shape index (κ3) is 4.60. The van der Waals surface area contributed by atoms with Crippen LogP contribution in [0.15, 0.2) is 36.4 Å². The van der Waals surface area contributed by atoms with E-state index in [0.29, 0.717) is 19.7 Å². The highest BCUT2D eigenvalue weighted by Gasteiger charge is 2.24. The zero-order valence-electron chi connectivity index (χ0n) is 17.1. The highest BCUT2D eigenvalue weighted by atomic mass is 16.6. The molecule has 1 aromatic carbocycles. The summed E-state index contributed by atoms with van der Waals surface area (Å²) in [4.78, 5) is 28.2. The van der Waals surface area contributed by atoms with E-state index in [2.05, 4.69) is 28.0 Å². The summed E-state index contributed by atoms with van der Waals surface area (Å²) in [5, 5.41) is 0. The molecule has 7 nitrogen and oxygen atoms in total. The Morgan fingerprint density at radius 3 is 2.14 bits per heavy atom. The second-order valence-electron chi connectivity index (χ2n) is 7.49. The Labute approximate surface area is 172 Å². The van der Waals surface area contributed by atoms with E-state index in [-0.39, 0.29) is 6.09 Å². The summed E-state index contributed by atoms with van der Waals surface area (Å²) >= 11 is 0. The normalized spacial score (nSPS) is 17.3. The van der Waals surface area contributed by atoms with E-state index >= 15 is 0 Å². The summed E-state index contributed by atoms with van der Waals surface area (Å²) in [6, 6.07) is 12.3. The number of rotatable bonds is 4. The average Bonchev–Trinajstić information content (AvgIpc) is 2.80. The van der Waals surface area contributed by atoms with Crippen molar-refractivity contribution in [2.75, 3.05) is 55.7 Å². The second-order valence-corrected chi connectivity index (χ2v) is 7.49. The highest BCUT2D eigenvalue weighted by Crippen LogP contribution is 2.27. The quantitative estimate of drug-likeness (QED) is 0.791. The molecule has 154 valence electrons. The Morgan fingerprint density at radius 1 is 0.897 bits per heavy atom. The molecule has 2 aromatic rings. The first kappa shape index (κ1) is 19.5. The molecule has 0 aliphatic carbocycles. The lowest BCUT2D eigenvalue weighted by atomic mass is 10.1. The molecular weight excluding hydrogens is 366 g/mol. The van der Waals surface area contributed by atoms with Gasteiger partial charge in [0, 0.05) is 50.9 Å². The molecule has 0 saturated carbocycles. The number of amides is 1. The van der Waals surface area contributed by atoms with Gasteiger partial charge in [-0.3, -0.25) is 0 Å². The van der Waals surface area contributed by atoms with Gasteiger partial charge in [0.15, 0.2) is 5.82 Å². The maximum atomic E-state index is 12.0. The number of ether oxygens (including phenoxy) is 1. The number of nitrogens with zero attached hydrogens (tertiary/aromatic N) is 5. The number of anilines is 2. The monoisotopic (exact) mass is 395 g/mol. The molecule has 4 rings (SSSR count). The number of piperidine rings is 1. The van der Waals surface area contributed by atoms with Crippen LogP contribution >= 0.6 is 0 Å². The Balaban J connectivity index is 1.58. The van der Waals surface area contributed by atoms with Crippen LogP contribution in [-0.2, 0) is 4.74 Å². The standard InChI is InChI=1S/C22H29N5O2/c1-2-29-22(28)27-15-13-26(14-16-27)20-17-19(25-11-7-4-8-12-25)23-21(24-20)18-9-5-3-6-10-18/h3,5-6,9-10,17H,2,4,7-8,11-16H2,1H3. The van der Waals surface area contributed by atoms with Crippen LogP contribution in [0, 0.1) is 0 Å². The van der Waals surface area contributed by atoms with Crippen LogP contribution in [0.2, 0.25) is 0 Å². The smallest absolute Gasteiger partial charge is 0.409 e. The lowest BCUT2D eigenvalue weighted by Gasteiger charge is -2.35. The first-order valence-electron chi connectivity index (χ1n) is 10.6. The number of benzene rings is 1. The van der Waals surface area contributed by atoms with Crippen LogP contribution in [0.3, 0.4) is 0 Å². The van der Waals surface area contributed by atoms with Crippen LogP contribution < -0.4 is 9.80 Å². The summed E-state index contributed by atoms with van der Waals surface area (Å²) in [6.45, 7) is 7.09. The number of aromatic nitrogens is 2. The van der Waals surface area contributed by atoms with Gasteiger partial charge in [-0.15, -0.1) is 0 Å². The van der Waals surface area contributed by atoms with Gasteiger partial charge < -0.3 is 19.4 Å². The van der Waals surface area contributed by atoms with E-state index in [1.165, 1.54) is 19.3 Å². The van der Waals surface area contributed by atoms with Crippen molar-refractivity contribution in [1.82, 2.24) is 14.9 Å². The van der Waals surface area contributed by atoms with Crippen molar-refractivity contribution in [1.29, 1.82) is 0 Å². The van der Waals surface area contributed by atoms with E-state index in [4.69, 9.17) is 14.7 Å². The Morgan fingerprint density at radius 2 is 1.52 bits per heavy atom. The van der Waals surface area contributed by atoms with E-state index in [9.17, 15) is 4.79 Å². The van der Waals surface area contributed by atoms with Crippen LogP contribution in [0.1, 0.15) is 26.2 Å². The van der Waals surface area contributed by atoms with Gasteiger partial charge in [-0.25, -0.2) is 14.8 Å². The summed E-state index contributed by atoms with van der Waals surface area (Å²) in [7, 11) is 0. The largest absolute Gasteiger partial charge is 0.450 e. The van der Waals surface area contributed by atoms with E-state index < -0.39 is 0 Å². The molecule has 2 aliphatic heterocycles. The Hall–Kier alpha value is -2.83. The molecule has 0 atom stereocenters. The average molecular weight is 396 g/mol. The van der Waals surface area contributed by atoms with Gasteiger partial charge >= 0.3 is 6.09 Å². The molecule has 2 saturated heterocycles. The number of piperazine rings is 1. The number of carbonyl (C=O) groups is 1. The van der Waals surface area contributed by atoms with Crippen molar-refractivity contribution < 1.29 is 9.53 Å². The zero-order valence-corrected chi connectivity index (χ0v) is 17.1. The first-order valence-corrected chi connectivity index (χ1v) is 10.6. The number of hydrogen-bond donors (Lipinski definition) is 0. The topological polar surface area (TPSA) is 61.8 Å². The molecule has 2 aliphatic rings. The van der Waals surface area contributed by atoms with Crippen molar-refractivity contribution in [3.63, 3.8) is 0 Å². The minimum Gasteiger partial charge on any atom is -0.450 e. The van der Waals surface area contributed by atoms with Crippen LogP contribution in [0.4, 0.5) is 16.4 Å². The van der Waals surface area contributed by atoms with Gasteiger partial charge in [0.2, 0.25) is 0 Å². The lowest BCUT2D eigenvalue weighted by molar-refractivity contribution is 0.105. The molecule has 29 heavy (non-hydrogen) atoms. The maximum Gasteiger partial charge on any atom is 0.409 e. The molecular formula is C22H29N5O2. The first-order chi connectivity index (χ1) is 14.2. The lowest BCUT2D eigenvalue weighted by Crippen LogP contribution is -2.49. The molecule has 3 heterocycles. The molecule has 0 unspecified atom stereocenters. The predicted octanol–water partition coefficient (Wildman–Crippen LogP) is 3.41. The van der Waals surface area contributed by atoms with Crippen molar-refractivity contribution in [2.45, 2.75) is 26.2 Å². The van der Waals surface area contributed by atoms with Gasteiger partial charge in [0.05, 0.1) is 6.61 Å². The fourth-order valence-electron chi connectivity index (χ4n) is 3.92. The van der Waals surface area contributed by atoms with E-state index in [0.717, 1.165) is 49.2 Å². The molecule has 1 amide bonds. The van der Waals surface area contributed by atoms with Crippen molar-refractivity contribution >= 4 is 17.7 Å². The third-order valence-electron chi connectivity index (χ3n) is 5.54. The van der Waals surface area contributed by atoms with Crippen LogP contribution in [-0.4, -0.2) is 66.8 Å². The SMILES string of the molecule is CCOC(=O)N1CCN(c2cc(N3CCCCC3)nc(-c3ccccc3)n2)CC1.